The van der Waals surface area contributed by atoms with Gasteiger partial charge in [0.15, 0.2) is 0 Å². The number of hydrogen-bond acceptors (Lipinski definition) is 5. The molecule has 0 spiro atoms. The minimum Gasteiger partial charge on any atom is -0.494 e. The maximum atomic E-state index is 12.3. The van der Waals surface area contributed by atoms with Crippen molar-refractivity contribution in [2.24, 2.45) is 0 Å². The third-order valence-electron chi connectivity index (χ3n) is 3.18. The Morgan fingerprint density at radius 1 is 1.36 bits per heavy atom. The second kappa shape index (κ2) is 7.91. The van der Waals surface area contributed by atoms with Crippen LogP contribution in [0.4, 0.5) is 0 Å². The van der Waals surface area contributed by atoms with Gasteiger partial charge in [-0.05, 0) is 38.2 Å². The number of carbonyl (C=O) groups is 1. The van der Waals surface area contributed by atoms with Gasteiger partial charge in [0, 0.05) is 31.1 Å². The molecule has 0 aliphatic heterocycles. The summed E-state index contributed by atoms with van der Waals surface area (Å²) in [6.07, 6.45) is 0. The molecule has 1 aromatic heterocycles. The molecule has 0 saturated carbocycles. The van der Waals surface area contributed by atoms with Crippen molar-refractivity contribution in [1.82, 2.24) is 15.2 Å². The van der Waals surface area contributed by atoms with Crippen LogP contribution in [0.1, 0.15) is 17.4 Å². The average molecular weight is 319 g/mol. The van der Waals surface area contributed by atoms with Crippen LogP contribution >= 0.6 is 11.3 Å². The van der Waals surface area contributed by atoms with Gasteiger partial charge in [-0.25, -0.2) is 4.98 Å². The first kappa shape index (κ1) is 16.5. The highest BCUT2D eigenvalue weighted by molar-refractivity contribution is 7.13. The fourth-order valence-electron chi connectivity index (χ4n) is 1.94. The van der Waals surface area contributed by atoms with Gasteiger partial charge in [-0.2, -0.15) is 0 Å². The summed E-state index contributed by atoms with van der Waals surface area (Å²) >= 11 is 1.48. The molecule has 1 N–H and O–H groups in total. The lowest BCUT2D eigenvalue weighted by Crippen LogP contribution is -2.32. The van der Waals surface area contributed by atoms with Crippen molar-refractivity contribution < 1.29 is 9.53 Å². The lowest BCUT2D eigenvalue weighted by molar-refractivity contribution is 0.0792. The number of likely N-dealkylation sites (N-methyl/N-ethyl adjacent to an activating group) is 2. The van der Waals surface area contributed by atoms with Crippen LogP contribution in [0, 0.1) is 0 Å². The van der Waals surface area contributed by atoms with E-state index in [1.54, 1.807) is 11.9 Å². The number of aromatic nitrogens is 1. The fourth-order valence-corrected chi connectivity index (χ4v) is 2.74. The van der Waals surface area contributed by atoms with Crippen LogP contribution in [0.5, 0.6) is 5.75 Å². The lowest BCUT2D eigenvalue weighted by Gasteiger charge is -2.15. The molecular weight excluding hydrogens is 298 g/mol. The molecule has 1 heterocycles. The monoisotopic (exact) mass is 319 g/mol. The van der Waals surface area contributed by atoms with Gasteiger partial charge < -0.3 is 15.0 Å². The highest BCUT2D eigenvalue weighted by Crippen LogP contribution is 2.26. The van der Waals surface area contributed by atoms with E-state index in [-0.39, 0.29) is 5.91 Å². The first-order chi connectivity index (χ1) is 10.7. The van der Waals surface area contributed by atoms with E-state index in [0.29, 0.717) is 18.8 Å². The molecule has 0 unspecified atom stereocenters. The van der Waals surface area contributed by atoms with Crippen molar-refractivity contribution in [3.8, 4) is 16.3 Å². The van der Waals surface area contributed by atoms with Crippen molar-refractivity contribution in [3.63, 3.8) is 0 Å². The molecule has 0 atom stereocenters. The summed E-state index contributed by atoms with van der Waals surface area (Å²) in [5.74, 6) is 0.787. The van der Waals surface area contributed by atoms with Crippen molar-refractivity contribution >= 4 is 17.2 Å². The van der Waals surface area contributed by atoms with Crippen molar-refractivity contribution in [3.05, 3.63) is 35.3 Å². The molecule has 0 radical (unpaired) electrons. The quantitative estimate of drug-likeness (QED) is 0.852. The van der Waals surface area contributed by atoms with Crippen LogP contribution in [-0.4, -0.2) is 49.6 Å². The summed E-state index contributed by atoms with van der Waals surface area (Å²) < 4.78 is 5.43. The van der Waals surface area contributed by atoms with Gasteiger partial charge in [-0.3, -0.25) is 4.79 Å². The molecular formula is C16H21N3O2S. The molecule has 0 fully saturated rings. The second-order valence-electron chi connectivity index (χ2n) is 4.83. The molecule has 0 aliphatic rings. The zero-order valence-corrected chi connectivity index (χ0v) is 13.9. The average Bonchev–Trinajstić information content (AvgIpc) is 3.02. The predicted octanol–water partition coefficient (Wildman–Crippen LogP) is 2.50. The van der Waals surface area contributed by atoms with Gasteiger partial charge in [0.05, 0.1) is 6.61 Å². The fraction of sp³-hybridized carbons (Fsp3) is 0.375. The number of nitrogens with one attached hydrogen (secondary N) is 1. The summed E-state index contributed by atoms with van der Waals surface area (Å²) in [7, 11) is 3.65. The van der Waals surface area contributed by atoms with Crippen LogP contribution in [0.25, 0.3) is 10.6 Å². The first-order valence-corrected chi connectivity index (χ1v) is 8.12. The third kappa shape index (κ3) is 4.05. The van der Waals surface area contributed by atoms with Crippen LogP contribution in [0.15, 0.2) is 29.6 Å². The second-order valence-corrected chi connectivity index (χ2v) is 5.68. The van der Waals surface area contributed by atoms with E-state index in [1.807, 2.05) is 43.6 Å². The number of nitrogens with zero attached hydrogens (tertiary/aromatic N) is 2. The molecule has 22 heavy (non-hydrogen) atoms. The molecule has 5 nitrogen and oxygen atoms in total. The minimum atomic E-state index is -0.0521. The standard InChI is InChI=1S/C16H21N3O2S/c1-4-21-13-7-5-12(6-8-13)15-18-14(11-22-15)16(20)19(3)10-9-17-2/h5-8,11,17H,4,9-10H2,1-3H3. The largest absolute Gasteiger partial charge is 0.494 e. The molecule has 6 heteroatoms. The Kier molecular flexibility index (Phi) is 5.91. The lowest BCUT2D eigenvalue weighted by atomic mass is 10.2. The number of ether oxygens (including phenoxy) is 1. The predicted molar refractivity (Wildman–Crippen MR) is 89.6 cm³/mol. The molecule has 1 aromatic carbocycles. The summed E-state index contributed by atoms with van der Waals surface area (Å²) in [4.78, 5) is 18.4. The highest BCUT2D eigenvalue weighted by Gasteiger charge is 2.15. The zero-order valence-electron chi connectivity index (χ0n) is 13.1. The highest BCUT2D eigenvalue weighted by atomic mass is 32.1. The van der Waals surface area contributed by atoms with Gasteiger partial charge in [0.25, 0.3) is 5.91 Å². The molecule has 0 saturated heterocycles. The number of benzene rings is 1. The topological polar surface area (TPSA) is 54.5 Å². The SMILES string of the molecule is CCOc1ccc(-c2nc(C(=O)N(C)CCNC)cs2)cc1. The Hall–Kier alpha value is -1.92. The molecule has 1 amide bonds. The number of hydrogen-bond donors (Lipinski definition) is 1. The third-order valence-corrected chi connectivity index (χ3v) is 4.07. The van der Waals surface area contributed by atoms with Crippen molar-refractivity contribution in [2.45, 2.75) is 6.92 Å². The zero-order chi connectivity index (χ0) is 15.9. The van der Waals surface area contributed by atoms with E-state index in [9.17, 15) is 4.79 Å². The van der Waals surface area contributed by atoms with Crippen molar-refractivity contribution in [2.75, 3.05) is 33.8 Å². The maximum absolute atomic E-state index is 12.3. The molecule has 2 rings (SSSR count). The Bertz CT molecular complexity index is 610. The Morgan fingerprint density at radius 3 is 2.73 bits per heavy atom. The van der Waals surface area contributed by atoms with E-state index in [4.69, 9.17) is 4.74 Å². The van der Waals surface area contributed by atoms with Crippen LogP contribution in [-0.2, 0) is 0 Å². The summed E-state index contributed by atoms with van der Waals surface area (Å²) in [5, 5.41) is 5.68. The number of rotatable bonds is 7. The van der Waals surface area contributed by atoms with E-state index in [1.165, 1.54) is 11.3 Å². The van der Waals surface area contributed by atoms with Gasteiger partial charge >= 0.3 is 0 Å². The molecule has 118 valence electrons. The first-order valence-electron chi connectivity index (χ1n) is 7.24. The molecule has 2 aromatic rings. The Morgan fingerprint density at radius 2 is 2.09 bits per heavy atom. The minimum absolute atomic E-state index is 0.0521. The number of amides is 1. The van der Waals surface area contributed by atoms with E-state index in [0.717, 1.165) is 22.9 Å². The van der Waals surface area contributed by atoms with E-state index < -0.39 is 0 Å². The molecule has 0 aliphatic carbocycles. The van der Waals surface area contributed by atoms with Crippen molar-refractivity contribution in [1.29, 1.82) is 0 Å². The van der Waals surface area contributed by atoms with E-state index in [2.05, 4.69) is 10.3 Å². The summed E-state index contributed by atoms with van der Waals surface area (Å²) in [6, 6.07) is 7.76. The maximum Gasteiger partial charge on any atom is 0.273 e. The van der Waals surface area contributed by atoms with Gasteiger partial charge in [0.2, 0.25) is 0 Å². The van der Waals surface area contributed by atoms with Gasteiger partial charge in [0.1, 0.15) is 16.5 Å². The van der Waals surface area contributed by atoms with Crippen LogP contribution in [0.3, 0.4) is 0 Å². The molecule has 0 bridgehead atoms. The number of carbonyl (C=O) groups excluding carboxylic acids is 1. The Balaban J connectivity index is 2.08. The van der Waals surface area contributed by atoms with Gasteiger partial charge in [-0.1, -0.05) is 0 Å². The Labute approximate surface area is 134 Å². The number of thiazole rings is 1. The van der Waals surface area contributed by atoms with Crippen LogP contribution < -0.4 is 10.1 Å². The van der Waals surface area contributed by atoms with E-state index >= 15 is 0 Å². The van der Waals surface area contributed by atoms with Gasteiger partial charge in [-0.15, -0.1) is 11.3 Å². The normalized spacial score (nSPS) is 10.5. The van der Waals surface area contributed by atoms with Crippen LogP contribution in [0.2, 0.25) is 0 Å². The smallest absolute Gasteiger partial charge is 0.273 e. The summed E-state index contributed by atoms with van der Waals surface area (Å²) in [5.41, 5.74) is 1.48. The summed E-state index contributed by atoms with van der Waals surface area (Å²) in [6.45, 7) is 4.02.